The zero-order valence-electron chi connectivity index (χ0n) is 22.3. The average molecular weight is 595 g/mol. The van der Waals surface area contributed by atoms with Gasteiger partial charge in [-0.25, -0.2) is 4.39 Å². The molecule has 3 aliphatic rings. The predicted octanol–water partition coefficient (Wildman–Crippen LogP) is 5.76. The van der Waals surface area contributed by atoms with Crippen molar-refractivity contribution in [1.29, 1.82) is 0 Å². The first-order valence-corrected chi connectivity index (χ1v) is 13.9. The molecule has 43 heavy (non-hydrogen) atoms. The molecule has 5 aromatic rings. The van der Waals surface area contributed by atoms with Gasteiger partial charge < -0.3 is 23.7 Å². The van der Waals surface area contributed by atoms with Gasteiger partial charge in [0.05, 0.1) is 23.2 Å². The molecule has 8 rings (SSSR count). The Labute approximate surface area is 248 Å². The van der Waals surface area contributed by atoms with Crippen LogP contribution in [-0.4, -0.2) is 23.5 Å². The van der Waals surface area contributed by atoms with Gasteiger partial charge in [0.25, 0.3) is 11.8 Å². The highest BCUT2D eigenvalue weighted by Gasteiger charge is 2.65. The van der Waals surface area contributed by atoms with Gasteiger partial charge in [0.1, 0.15) is 11.4 Å². The van der Waals surface area contributed by atoms with Gasteiger partial charge in [0.15, 0.2) is 22.5 Å². The van der Waals surface area contributed by atoms with Gasteiger partial charge in [-0.3, -0.25) is 14.4 Å². The van der Waals surface area contributed by atoms with Crippen LogP contribution in [0.3, 0.4) is 0 Å². The molecule has 0 fully saturated rings. The third-order valence-electron chi connectivity index (χ3n) is 8.26. The molecule has 0 radical (unpaired) electrons. The molecule has 8 nitrogen and oxygen atoms in total. The third-order valence-corrected chi connectivity index (χ3v) is 8.63. The number of para-hydroxylation sites is 1. The minimum absolute atomic E-state index is 0.0465. The Kier molecular flexibility index (Phi) is 5.45. The maximum atomic E-state index is 14.9. The summed E-state index contributed by atoms with van der Waals surface area (Å²) in [5, 5.41) is 0.403. The van der Waals surface area contributed by atoms with E-state index in [1.165, 1.54) is 15.9 Å². The van der Waals surface area contributed by atoms with E-state index in [-0.39, 0.29) is 42.2 Å². The van der Waals surface area contributed by atoms with E-state index in [1.807, 2.05) is 12.1 Å². The van der Waals surface area contributed by atoms with Crippen molar-refractivity contribution in [3.63, 3.8) is 0 Å². The Hall–Kier alpha value is -5.15. The molecule has 4 heterocycles. The molecule has 1 unspecified atom stereocenters. The minimum Gasteiger partial charge on any atom is -0.454 e. The fraction of sp³-hybridized carbons (Fsp3) is 0.121. The highest BCUT2D eigenvalue weighted by atomic mass is 35.5. The van der Waals surface area contributed by atoms with E-state index >= 15 is 0 Å². The number of amides is 2. The highest BCUT2D eigenvalue weighted by Crippen LogP contribution is 2.53. The predicted molar refractivity (Wildman–Crippen MR) is 155 cm³/mol. The summed E-state index contributed by atoms with van der Waals surface area (Å²) in [6, 6.07) is 22.9. The Bertz CT molecular complexity index is 2090. The Morgan fingerprint density at radius 2 is 1.65 bits per heavy atom. The summed E-state index contributed by atoms with van der Waals surface area (Å²) in [6.07, 6.45) is 0. The SMILES string of the molecule is O=C1c2oc3ccc(F)cc3c(=O)c2C2(C(=O)N(Cc3ccccc3Cl)c3ccccc32)N1Cc1ccc2c(c1)OCO2. The Balaban J connectivity index is 1.39. The first-order valence-electron chi connectivity index (χ1n) is 13.5. The fourth-order valence-electron chi connectivity index (χ4n) is 6.36. The number of halogens is 2. The fourth-order valence-corrected chi connectivity index (χ4v) is 6.56. The lowest BCUT2D eigenvalue weighted by molar-refractivity contribution is -0.126. The minimum atomic E-state index is -1.89. The molecular formula is C33H20ClFN2O6. The van der Waals surface area contributed by atoms with Gasteiger partial charge in [-0.2, -0.15) is 0 Å². The number of carbonyl (C=O) groups excluding carboxylic acids is 2. The second-order valence-corrected chi connectivity index (χ2v) is 11.0. The molecule has 2 amide bonds. The number of hydrogen-bond donors (Lipinski definition) is 0. The zero-order chi connectivity index (χ0) is 29.5. The zero-order valence-corrected chi connectivity index (χ0v) is 23.1. The molecular weight excluding hydrogens is 575 g/mol. The van der Waals surface area contributed by atoms with E-state index in [4.69, 9.17) is 25.5 Å². The summed E-state index contributed by atoms with van der Waals surface area (Å²) in [7, 11) is 0. The van der Waals surface area contributed by atoms with Gasteiger partial charge in [-0.1, -0.05) is 54.1 Å². The molecule has 1 atom stereocenters. The highest BCUT2D eigenvalue weighted by molar-refractivity contribution is 6.31. The number of hydrogen-bond acceptors (Lipinski definition) is 6. The third kappa shape index (κ3) is 3.51. The van der Waals surface area contributed by atoms with Crippen LogP contribution in [0.2, 0.25) is 5.02 Å². The summed E-state index contributed by atoms with van der Waals surface area (Å²) < 4.78 is 31.4. The van der Waals surface area contributed by atoms with Crippen LogP contribution in [-0.2, 0) is 23.4 Å². The molecule has 10 heteroatoms. The average Bonchev–Trinajstić information content (AvgIpc) is 3.65. The standard InChI is InChI=1S/C33H20ClFN2O6/c34-23-7-3-1-5-19(23)16-36-24-8-4-2-6-22(24)33(32(36)40)28-29(38)21-14-20(35)10-12-25(21)43-30(28)31(39)37(33)15-18-9-11-26-27(13-18)42-17-41-26/h1-14H,15-17H2. The summed E-state index contributed by atoms with van der Waals surface area (Å²) >= 11 is 6.50. The van der Waals surface area contributed by atoms with E-state index in [9.17, 15) is 18.8 Å². The van der Waals surface area contributed by atoms with E-state index in [0.717, 1.165) is 12.1 Å². The van der Waals surface area contributed by atoms with Crippen molar-refractivity contribution in [2.45, 2.75) is 18.6 Å². The number of benzene rings is 4. The lowest BCUT2D eigenvalue weighted by Gasteiger charge is -2.34. The van der Waals surface area contributed by atoms with E-state index in [1.54, 1.807) is 54.6 Å². The van der Waals surface area contributed by atoms with Crippen LogP contribution in [0.4, 0.5) is 10.1 Å². The monoisotopic (exact) mass is 594 g/mol. The lowest BCUT2D eigenvalue weighted by atomic mass is 9.83. The van der Waals surface area contributed by atoms with E-state index in [2.05, 4.69) is 0 Å². The molecule has 0 saturated heterocycles. The second kappa shape index (κ2) is 9.17. The quantitative estimate of drug-likeness (QED) is 0.263. The van der Waals surface area contributed by atoms with E-state index < -0.39 is 28.6 Å². The molecule has 212 valence electrons. The molecule has 1 spiro atoms. The first kappa shape index (κ1) is 25.6. The maximum absolute atomic E-state index is 14.9. The van der Waals surface area contributed by atoms with Crippen molar-refractivity contribution in [3.8, 4) is 11.5 Å². The van der Waals surface area contributed by atoms with Crippen LogP contribution in [0.25, 0.3) is 11.0 Å². The molecule has 0 saturated carbocycles. The number of carbonyl (C=O) groups is 2. The van der Waals surface area contributed by atoms with Gasteiger partial charge in [-0.15, -0.1) is 0 Å². The molecule has 0 bridgehead atoms. The van der Waals surface area contributed by atoms with Gasteiger partial charge in [0, 0.05) is 17.1 Å². The van der Waals surface area contributed by atoms with Crippen LogP contribution < -0.4 is 19.8 Å². The van der Waals surface area contributed by atoms with Crippen molar-refractivity contribution in [3.05, 3.63) is 134 Å². The smallest absolute Gasteiger partial charge is 0.291 e. The van der Waals surface area contributed by atoms with Crippen LogP contribution in [0.15, 0.2) is 94.1 Å². The second-order valence-electron chi connectivity index (χ2n) is 10.6. The van der Waals surface area contributed by atoms with Crippen LogP contribution >= 0.6 is 11.6 Å². The summed E-state index contributed by atoms with van der Waals surface area (Å²) in [5.41, 5.74) is -0.362. The molecule has 0 aliphatic carbocycles. The van der Waals surface area contributed by atoms with Gasteiger partial charge in [0.2, 0.25) is 12.6 Å². The van der Waals surface area contributed by atoms with Crippen molar-refractivity contribution in [2.24, 2.45) is 0 Å². The van der Waals surface area contributed by atoms with E-state index in [0.29, 0.717) is 38.9 Å². The molecule has 0 N–H and O–H groups in total. The number of anilines is 1. The topological polar surface area (TPSA) is 89.3 Å². The Morgan fingerprint density at radius 1 is 0.860 bits per heavy atom. The largest absolute Gasteiger partial charge is 0.454 e. The van der Waals surface area contributed by atoms with Crippen molar-refractivity contribution in [2.75, 3.05) is 11.7 Å². The number of rotatable bonds is 4. The lowest BCUT2D eigenvalue weighted by Crippen LogP contribution is -2.52. The molecule has 4 aromatic carbocycles. The maximum Gasteiger partial charge on any atom is 0.291 e. The molecule has 1 aromatic heterocycles. The summed E-state index contributed by atoms with van der Waals surface area (Å²) in [5.74, 6) is -0.998. The van der Waals surface area contributed by atoms with Gasteiger partial charge in [-0.05, 0) is 53.6 Å². The summed E-state index contributed by atoms with van der Waals surface area (Å²) in [4.78, 5) is 46.4. The number of nitrogens with zero attached hydrogens (tertiary/aromatic N) is 2. The normalized spacial score (nSPS) is 18.2. The Morgan fingerprint density at radius 3 is 2.51 bits per heavy atom. The molecule has 3 aliphatic heterocycles. The van der Waals surface area contributed by atoms with Crippen molar-refractivity contribution < 1.29 is 27.9 Å². The number of ether oxygens (including phenoxy) is 2. The van der Waals surface area contributed by atoms with Crippen molar-refractivity contribution in [1.82, 2.24) is 4.90 Å². The van der Waals surface area contributed by atoms with Gasteiger partial charge >= 0.3 is 0 Å². The summed E-state index contributed by atoms with van der Waals surface area (Å²) in [6.45, 7) is 0.0945. The van der Waals surface area contributed by atoms with Crippen LogP contribution in [0.1, 0.15) is 32.8 Å². The van der Waals surface area contributed by atoms with Crippen LogP contribution in [0.5, 0.6) is 11.5 Å². The van der Waals surface area contributed by atoms with Crippen molar-refractivity contribution >= 4 is 40.1 Å². The van der Waals surface area contributed by atoms with Crippen LogP contribution in [0, 0.1) is 5.82 Å². The first-order chi connectivity index (χ1) is 20.9. The number of fused-ring (bicyclic) bond motifs is 6.